The van der Waals surface area contributed by atoms with Gasteiger partial charge in [0.2, 0.25) is 12.2 Å². The van der Waals surface area contributed by atoms with E-state index in [-0.39, 0.29) is 0 Å². The molecule has 0 fully saturated rings. The molecule has 0 spiro atoms. The standard InChI is InChI=1S/C24H18N2O3/c1-2-6-17(7-3-1)14-22-27-16-23(28-22)29-24-20-9-5-4-8-19(20)15-21(26-24)18-10-12-25-13-11-18/h1-13,15-16,22H,14H2. The van der Waals surface area contributed by atoms with E-state index in [1.165, 1.54) is 6.26 Å². The van der Waals surface area contributed by atoms with E-state index in [4.69, 9.17) is 19.2 Å². The molecule has 142 valence electrons. The minimum Gasteiger partial charge on any atom is -0.455 e. The number of ether oxygens (including phenoxy) is 3. The topological polar surface area (TPSA) is 53.5 Å². The number of nitrogens with zero attached hydrogens (tertiary/aromatic N) is 2. The zero-order valence-corrected chi connectivity index (χ0v) is 15.6. The van der Waals surface area contributed by atoms with Gasteiger partial charge in [0.05, 0.1) is 5.69 Å². The molecule has 2 aromatic carbocycles. The van der Waals surface area contributed by atoms with Crippen LogP contribution in [0.4, 0.5) is 0 Å². The molecule has 2 aromatic heterocycles. The molecule has 0 saturated heterocycles. The average Bonchev–Trinajstić information content (AvgIpc) is 3.21. The average molecular weight is 382 g/mol. The van der Waals surface area contributed by atoms with Crippen molar-refractivity contribution in [2.45, 2.75) is 12.7 Å². The Morgan fingerprint density at radius 2 is 1.69 bits per heavy atom. The van der Waals surface area contributed by atoms with Gasteiger partial charge in [0.25, 0.3) is 0 Å². The van der Waals surface area contributed by atoms with Gasteiger partial charge in [-0.25, -0.2) is 4.98 Å². The maximum absolute atomic E-state index is 6.01. The van der Waals surface area contributed by atoms with Gasteiger partial charge in [-0.05, 0) is 35.2 Å². The molecular formula is C24H18N2O3. The summed E-state index contributed by atoms with van der Waals surface area (Å²) >= 11 is 0. The van der Waals surface area contributed by atoms with Gasteiger partial charge in [-0.15, -0.1) is 0 Å². The second-order valence-electron chi connectivity index (χ2n) is 6.68. The zero-order chi connectivity index (χ0) is 19.5. The summed E-state index contributed by atoms with van der Waals surface area (Å²) in [6, 6.07) is 23.9. The molecule has 0 radical (unpaired) electrons. The highest BCUT2D eigenvalue weighted by atomic mass is 16.8. The first-order valence-corrected chi connectivity index (χ1v) is 9.39. The number of rotatable bonds is 5. The molecule has 3 heterocycles. The molecular weight excluding hydrogens is 364 g/mol. The van der Waals surface area contributed by atoms with E-state index in [9.17, 15) is 0 Å². The van der Waals surface area contributed by atoms with E-state index in [0.717, 1.165) is 27.6 Å². The Kier molecular flexibility index (Phi) is 4.54. The summed E-state index contributed by atoms with van der Waals surface area (Å²) in [6.45, 7) is 0. The SMILES string of the molecule is C1=C(Oc2nc(-c3ccncc3)cc3ccccc23)OC(Cc2ccccc2)O1. The molecule has 29 heavy (non-hydrogen) atoms. The lowest BCUT2D eigenvalue weighted by molar-refractivity contribution is -0.0522. The first-order chi connectivity index (χ1) is 14.3. The molecule has 1 aliphatic rings. The Morgan fingerprint density at radius 3 is 2.55 bits per heavy atom. The molecule has 5 rings (SSSR count). The maximum Gasteiger partial charge on any atom is 0.325 e. The van der Waals surface area contributed by atoms with Crippen LogP contribution in [-0.2, 0) is 15.9 Å². The van der Waals surface area contributed by atoms with Gasteiger partial charge in [-0.3, -0.25) is 4.98 Å². The molecule has 0 saturated carbocycles. The summed E-state index contributed by atoms with van der Waals surface area (Å²) in [5, 5.41) is 1.94. The summed E-state index contributed by atoms with van der Waals surface area (Å²) in [4.78, 5) is 8.79. The van der Waals surface area contributed by atoms with Gasteiger partial charge in [0, 0.05) is 29.8 Å². The Labute approximate surface area is 168 Å². The molecule has 0 bridgehead atoms. The third-order valence-corrected chi connectivity index (χ3v) is 4.69. The van der Waals surface area contributed by atoms with Crippen molar-refractivity contribution in [3.8, 4) is 17.1 Å². The van der Waals surface area contributed by atoms with Crippen molar-refractivity contribution in [3.05, 3.63) is 103 Å². The summed E-state index contributed by atoms with van der Waals surface area (Å²) < 4.78 is 17.5. The minimum atomic E-state index is -0.415. The van der Waals surface area contributed by atoms with E-state index in [1.807, 2.05) is 72.8 Å². The van der Waals surface area contributed by atoms with Gasteiger partial charge in [-0.1, -0.05) is 48.5 Å². The molecule has 1 unspecified atom stereocenters. The normalized spacial score (nSPS) is 15.4. The number of pyridine rings is 2. The third kappa shape index (κ3) is 3.75. The van der Waals surface area contributed by atoms with Crippen molar-refractivity contribution < 1.29 is 14.2 Å². The van der Waals surface area contributed by atoms with E-state index in [0.29, 0.717) is 18.2 Å². The lowest BCUT2D eigenvalue weighted by Gasteiger charge is -2.13. The predicted octanol–water partition coefficient (Wildman–Crippen LogP) is 5.09. The van der Waals surface area contributed by atoms with Crippen LogP contribution in [-0.4, -0.2) is 16.3 Å². The van der Waals surface area contributed by atoms with Crippen LogP contribution >= 0.6 is 0 Å². The lowest BCUT2D eigenvalue weighted by atomic mass is 10.1. The highest BCUT2D eigenvalue weighted by Gasteiger charge is 2.23. The molecule has 4 aromatic rings. The van der Waals surface area contributed by atoms with E-state index >= 15 is 0 Å². The van der Waals surface area contributed by atoms with Crippen LogP contribution in [0.15, 0.2) is 97.4 Å². The first kappa shape index (κ1) is 17.3. The third-order valence-electron chi connectivity index (χ3n) is 4.69. The van der Waals surface area contributed by atoms with Crippen molar-refractivity contribution >= 4 is 10.8 Å². The van der Waals surface area contributed by atoms with Gasteiger partial charge >= 0.3 is 5.95 Å². The highest BCUT2D eigenvalue weighted by Crippen LogP contribution is 2.31. The predicted molar refractivity (Wildman–Crippen MR) is 110 cm³/mol. The van der Waals surface area contributed by atoms with Crippen molar-refractivity contribution in [2.24, 2.45) is 0 Å². The fraction of sp³-hybridized carbons (Fsp3) is 0.0833. The van der Waals surface area contributed by atoms with Crippen LogP contribution in [0, 0.1) is 0 Å². The summed E-state index contributed by atoms with van der Waals surface area (Å²) in [5.74, 6) is 0.778. The molecule has 0 amide bonds. The van der Waals surface area contributed by atoms with Crippen molar-refractivity contribution in [1.29, 1.82) is 0 Å². The number of benzene rings is 2. The smallest absolute Gasteiger partial charge is 0.325 e. The van der Waals surface area contributed by atoms with E-state index in [2.05, 4.69) is 4.98 Å². The molecule has 1 atom stereocenters. The lowest BCUT2D eigenvalue weighted by Crippen LogP contribution is -2.13. The molecule has 5 heteroatoms. The van der Waals surface area contributed by atoms with Gasteiger partial charge in [0.1, 0.15) is 0 Å². The molecule has 0 N–H and O–H groups in total. The van der Waals surface area contributed by atoms with Crippen molar-refractivity contribution in [1.82, 2.24) is 9.97 Å². The largest absolute Gasteiger partial charge is 0.455 e. The Bertz CT molecular complexity index is 1160. The van der Waals surface area contributed by atoms with Crippen LogP contribution in [0.25, 0.3) is 22.0 Å². The first-order valence-electron chi connectivity index (χ1n) is 9.39. The fourth-order valence-corrected chi connectivity index (χ4v) is 3.27. The van der Waals surface area contributed by atoms with Gasteiger partial charge in [0.15, 0.2) is 6.26 Å². The Morgan fingerprint density at radius 1 is 0.897 bits per heavy atom. The Hall–Kier alpha value is -3.86. The number of hydrogen-bond donors (Lipinski definition) is 0. The van der Waals surface area contributed by atoms with Crippen LogP contribution in [0.2, 0.25) is 0 Å². The van der Waals surface area contributed by atoms with Gasteiger partial charge < -0.3 is 14.2 Å². The highest BCUT2D eigenvalue weighted by molar-refractivity contribution is 5.90. The summed E-state index contributed by atoms with van der Waals surface area (Å²) in [5.41, 5.74) is 2.91. The number of hydrogen-bond acceptors (Lipinski definition) is 5. The molecule has 0 aliphatic carbocycles. The number of fused-ring (bicyclic) bond motifs is 1. The van der Waals surface area contributed by atoms with Crippen LogP contribution in [0.5, 0.6) is 5.88 Å². The molecule has 1 aliphatic heterocycles. The van der Waals surface area contributed by atoms with Crippen LogP contribution in [0.1, 0.15) is 5.56 Å². The van der Waals surface area contributed by atoms with E-state index in [1.54, 1.807) is 12.4 Å². The van der Waals surface area contributed by atoms with Crippen LogP contribution in [0.3, 0.4) is 0 Å². The monoisotopic (exact) mass is 382 g/mol. The fourth-order valence-electron chi connectivity index (χ4n) is 3.27. The Balaban J connectivity index is 1.40. The maximum atomic E-state index is 6.01. The van der Waals surface area contributed by atoms with Crippen molar-refractivity contribution in [3.63, 3.8) is 0 Å². The second kappa shape index (κ2) is 7.64. The summed E-state index contributed by atoms with van der Waals surface area (Å²) in [7, 11) is 0. The van der Waals surface area contributed by atoms with Gasteiger partial charge in [-0.2, -0.15) is 0 Å². The van der Waals surface area contributed by atoms with E-state index < -0.39 is 6.29 Å². The second-order valence-corrected chi connectivity index (χ2v) is 6.68. The van der Waals surface area contributed by atoms with Crippen LogP contribution < -0.4 is 4.74 Å². The zero-order valence-electron chi connectivity index (χ0n) is 15.6. The van der Waals surface area contributed by atoms with Crippen molar-refractivity contribution in [2.75, 3.05) is 0 Å². The number of aromatic nitrogens is 2. The molecule has 5 nitrogen and oxygen atoms in total. The quantitative estimate of drug-likeness (QED) is 0.481. The summed E-state index contributed by atoms with van der Waals surface area (Å²) in [6.07, 6.45) is 5.22. The minimum absolute atomic E-state index is 0.301.